The first-order chi connectivity index (χ1) is 32.2. The van der Waals surface area contributed by atoms with E-state index in [0.717, 1.165) is 32.1 Å². The van der Waals surface area contributed by atoms with Crippen molar-refractivity contribution in [2.24, 2.45) is 7.05 Å². The summed E-state index contributed by atoms with van der Waals surface area (Å²) < 4.78 is 2.41. The summed E-state index contributed by atoms with van der Waals surface area (Å²) in [5.74, 6) is 1.81. The molecule has 8 aromatic carbocycles. The molecule has 1 aromatic heterocycles. The molecule has 0 unspecified atom stereocenters. The van der Waals surface area contributed by atoms with E-state index in [2.05, 4.69) is 173 Å². The summed E-state index contributed by atoms with van der Waals surface area (Å²) in [6, 6.07) is 53.6. The standard InChI is InChI=1S/C25H19N.C25H18.6C2H6.CH3Br.CH4/c1-26-23-13-7-6-12-20(23)24-19-11-5-4-10-18(19)21-14-16-8-2-3-9-17(16)15-22(21)25(24)26;1-2-8-17-14-23-22(13-16(17)7-1)20-11-5-6-12-21(20)25-19-10-4-3-9-18(19)15-24(23)25;7*1-2;/h2-13H,14-15H2,1H3;1-12H,13-15H2;6*1-2H3;1H3;1H4. The number of para-hydroxylation sites is 1. The molecule has 0 aliphatic heterocycles. The number of fused-ring (bicyclic) bond motifs is 18. The molecule has 0 saturated heterocycles. The fourth-order valence-corrected chi connectivity index (χ4v) is 9.90. The molecule has 0 atom stereocenters. The van der Waals surface area contributed by atoms with Crippen molar-refractivity contribution in [3.05, 3.63) is 201 Å². The lowest BCUT2D eigenvalue weighted by atomic mass is 9.79. The van der Waals surface area contributed by atoms with Gasteiger partial charge in [0.2, 0.25) is 0 Å². The predicted molar refractivity (Wildman–Crippen MR) is 304 cm³/mol. The number of aromatic nitrogens is 1. The maximum atomic E-state index is 2.94. The molecule has 0 fully saturated rings. The summed E-state index contributed by atoms with van der Waals surface area (Å²) in [5, 5.41) is 8.46. The molecule has 1 nitrogen and oxygen atoms in total. The van der Waals surface area contributed by atoms with Crippen LogP contribution in [0.5, 0.6) is 0 Å². The highest BCUT2D eigenvalue weighted by Crippen LogP contribution is 2.47. The molecule has 0 bridgehead atoms. The van der Waals surface area contributed by atoms with Gasteiger partial charge >= 0.3 is 0 Å². The Bertz CT molecular complexity index is 2910. The fourth-order valence-electron chi connectivity index (χ4n) is 9.90. The molecule has 12 rings (SSSR count). The average Bonchev–Trinajstić information content (AvgIpc) is 3.96. The van der Waals surface area contributed by atoms with Crippen LogP contribution in [0.4, 0.5) is 0 Å². The van der Waals surface area contributed by atoms with Crippen LogP contribution < -0.4 is 0 Å². The summed E-state index contributed by atoms with van der Waals surface area (Å²) in [7, 11) is 2.22. The highest BCUT2D eigenvalue weighted by atomic mass is 79.9. The van der Waals surface area contributed by atoms with E-state index >= 15 is 0 Å². The molecule has 0 amide bonds. The van der Waals surface area contributed by atoms with Crippen LogP contribution in [0.2, 0.25) is 0 Å². The smallest absolute Gasteiger partial charge is 0.0534 e. The molecule has 0 spiro atoms. The zero-order valence-electron chi connectivity index (χ0n) is 42.2. The van der Waals surface area contributed by atoms with Crippen molar-refractivity contribution in [1.29, 1.82) is 0 Å². The van der Waals surface area contributed by atoms with E-state index in [9.17, 15) is 0 Å². The molecule has 0 N–H and O–H groups in total. The number of benzene rings is 8. The third-order valence-corrected chi connectivity index (χ3v) is 12.2. The van der Waals surface area contributed by atoms with Crippen molar-refractivity contribution in [2.75, 3.05) is 5.83 Å². The van der Waals surface area contributed by atoms with Crippen molar-refractivity contribution < 1.29 is 0 Å². The molecular formula is C64H80BrN. The number of halogens is 1. The number of alkyl halides is 1. The molecule has 2 heteroatoms. The third-order valence-electron chi connectivity index (χ3n) is 12.2. The number of nitrogens with zero attached hydrogens (tertiary/aromatic N) is 1. The number of aryl methyl sites for hydroxylation is 1. The minimum Gasteiger partial charge on any atom is -0.343 e. The van der Waals surface area contributed by atoms with E-state index in [-0.39, 0.29) is 7.43 Å². The lowest BCUT2D eigenvalue weighted by Gasteiger charge is -2.25. The van der Waals surface area contributed by atoms with Gasteiger partial charge < -0.3 is 4.57 Å². The molecule has 1 heterocycles. The second kappa shape index (κ2) is 27.3. The van der Waals surface area contributed by atoms with E-state index in [1.54, 1.807) is 16.7 Å². The van der Waals surface area contributed by atoms with Crippen molar-refractivity contribution in [1.82, 2.24) is 4.57 Å². The lowest BCUT2D eigenvalue weighted by Crippen LogP contribution is -2.11. The first kappa shape index (κ1) is 54.9. The van der Waals surface area contributed by atoms with E-state index in [1.807, 2.05) is 88.9 Å². The molecule has 0 radical (unpaired) electrons. The maximum Gasteiger partial charge on any atom is 0.0534 e. The summed E-state index contributed by atoms with van der Waals surface area (Å²) in [6.07, 6.45) is 5.28. The van der Waals surface area contributed by atoms with Gasteiger partial charge in [-0.2, -0.15) is 0 Å². The molecule has 66 heavy (non-hydrogen) atoms. The van der Waals surface area contributed by atoms with Gasteiger partial charge in [0, 0.05) is 29.8 Å². The van der Waals surface area contributed by atoms with Gasteiger partial charge in [-0.15, -0.1) is 0 Å². The Morgan fingerprint density at radius 2 is 0.667 bits per heavy atom. The summed E-state index contributed by atoms with van der Waals surface area (Å²) in [6.45, 7) is 24.0. The minimum absolute atomic E-state index is 0. The van der Waals surface area contributed by atoms with Crippen LogP contribution in [-0.4, -0.2) is 10.4 Å². The van der Waals surface area contributed by atoms with Crippen molar-refractivity contribution in [3.63, 3.8) is 0 Å². The largest absolute Gasteiger partial charge is 0.343 e. The summed E-state index contributed by atoms with van der Waals surface area (Å²) >= 11 is 2.94. The highest BCUT2D eigenvalue weighted by molar-refractivity contribution is 9.08. The monoisotopic (exact) mass is 942 g/mol. The van der Waals surface area contributed by atoms with Crippen LogP contribution >= 0.6 is 15.9 Å². The lowest BCUT2D eigenvalue weighted by molar-refractivity contribution is 0.970. The highest BCUT2D eigenvalue weighted by Gasteiger charge is 2.29. The van der Waals surface area contributed by atoms with Gasteiger partial charge in [-0.3, -0.25) is 0 Å². The molecule has 348 valence electrons. The first-order valence-corrected chi connectivity index (χ1v) is 26.4. The Hall–Kier alpha value is -5.44. The van der Waals surface area contributed by atoms with Crippen LogP contribution in [0.3, 0.4) is 0 Å². The maximum absolute atomic E-state index is 2.94. The van der Waals surface area contributed by atoms with Crippen LogP contribution in [0.25, 0.3) is 54.5 Å². The van der Waals surface area contributed by atoms with Crippen LogP contribution in [-0.2, 0) is 39.2 Å². The number of hydrogen-bond acceptors (Lipinski definition) is 0. The van der Waals surface area contributed by atoms with E-state index in [1.165, 1.54) is 93.4 Å². The molecule has 3 aliphatic rings. The van der Waals surface area contributed by atoms with Gasteiger partial charge in [0.25, 0.3) is 0 Å². The molecule has 9 aromatic rings. The van der Waals surface area contributed by atoms with Crippen molar-refractivity contribution >= 4 is 59.3 Å². The number of hydrogen-bond donors (Lipinski definition) is 0. The second-order valence-electron chi connectivity index (χ2n) is 14.7. The van der Waals surface area contributed by atoms with Crippen LogP contribution in [0.15, 0.2) is 146 Å². The van der Waals surface area contributed by atoms with E-state index in [4.69, 9.17) is 0 Å². The van der Waals surface area contributed by atoms with Gasteiger partial charge in [-0.1, -0.05) is 246 Å². The van der Waals surface area contributed by atoms with Gasteiger partial charge in [-0.25, -0.2) is 0 Å². The Morgan fingerprint density at radius 3 is 1.18 bits per heavy atom. The van der Waals surface area contributed by atoms with Gasteiger partial charge in [0.1, 0.15) is 0 Å². The Kier molecular flexibility index (Phi) is 22.7. The quantitative estimate of drug-likeness (QED) is 0.134. The minimum atomic E-state index is 0. The topological polar surface area (TPSA) is 4.93 Å². The number of rotatable bonds is 0. The SMILES string of the molecule is C.CBr.CC.CC.CC.CC.CC.CC.Cn1c2ccccc2c2c3ccccc3c3c(c21)Cc1ccccc1C3.c1ccc2c(c1)Cc1c3c(c4ccccc4c1C2)-c1ccccc1C3. The Morgan fingerprint density at radius 1 is 0.333 bits per heavy atom. The van der Waals surface area contributed by atoms with Crippen molar-refractivity contribution in [2.45, 2.75) is 123 Å². The normalized spacial score (nSPS) is 11.1. The summed E-state index contributed by atoms with van der Waals surface area (Å²) in [4.78, 5) is 0. The fraction of sp³-hybridized carbons (Fsp3) is 0.312. The van der Waals surface area contributed by atoms with E-state index < -0.39 is 0 Å². The predicted octanol–water partition coefficient (Wildman–Crippen LogP) is 19.7. The van der Waals surface area contributed by atoms with Gasteiger partial charge in [0.05, 0.1) is 5.52 Å². The van der Waals surface area contributed by atoms with Gasteiger partial charge in [-0.05, 0) is 126 Å². The van der Waals surface area contributed by atoms with Crippen molar-refractivity contribution in [3.8, 4) is 11.1 Å². The molecule has 0 saturated carbocycles. The molecule has 3 aliphatic carbocycles. The zero-order chi connectivity index (χ0) is 47.6. The Labute approximate surface area is 409 Å². The van der Waals surface area contributed by atoms with Crippen LogP contribution in [0.1, 0.15) is 146 Å². The third kappa shape index (κ3) is 10.4. The first-order valence-electron chi connectivity index (χ1n) is 24.8. The molecular weight excluding hydrogens is 863 g/mol. The second-order valence-corrected chi connectivity index (χ2v) is 14.7. The summed E-state index contributed by atoms with van der Waals surface area (Å²) in [5.41, 5.74) is 20.8. The Balaban J connectivity index is 0.000000275. The van der Waals surface area contributed by atoms with Gasteiger partial charge in [0.15, 0.2) is 0 Å². The zero-order valence-corrected chi connectivity index (χ0v) is 43.8. The average molecular weight is 943 g/mol. The van der Waals surface area contributed by atoms with E-state index in [0.29, 0.717) is 0 Å². The van der Waals surface area contributed by atoms with Crippen LogP contribution in [0, 0.1) is 0 Å².